The number of carbonyl (C=O) groups excluding carboxylic acids is 1. The van der Waals surface area contributed by atoms with Gasteiger partial charge in [0, 0.05) is 10.7 Å². The van der Waals surface area contributed by atoms with Crippen molar-refractivity contribution in [2.75, 3.05) is 5.32 Å². The molecular formula is C12H15ClN2O. The number of nitrogens with one attached hydrogen (secondary N) is 1. The minimum absolute atomic E-state index is 0.255. The molecule has 4 heteroatoms. The Kier molecular flexibility index (Phi) is 3.34. The normalized spacial score (nSPS) is 17.6. The van der Waals surface area contributed by atoms with Crippen LogP contribution in [0.5, 0.6) is 0 Å². The van der Waals surface area contributed by atoms with E-state index in [4.69, 9.17) is 17.3 Å². The highest BCUT2D eigenvalue weighted by Crippen LogP contribution is 2.31. The van der Waals surface area contributed by atoms with Gasteiger partial charge in [-0.2, -0.15) is 0 Å². The van der Waals surface area contributed by atoms with Crippen LogP contribution in [0.25, 0.3) is 0 Å². The largest absolute Gasteiger partial charge is 0.373 e. The Morgan fingerprint density at radius 1 is 1.38 bits per heavy atom. The van der Waals surface area contributed by atoms with Crippen molar-refractivity contribution in [3.63, 3.8) is 0 Å². The number of primary amides is 1. The third kappa shape index (κ3) is 2.47. The lowest BCUT2D eigenvalue weighted by Crippen LogP contribution is -2.44. The van der Waals surface area contributed by atoms with Gasteiger partial charge in [0.25, 0.3) is 0 Å². The first-order chi connectivity index (χ1) is 7.66. The van der Waals surface area contributed by atoms with E-state index in [2.05, 4.69) is 5.32 Å². The first kappa shape index (κ1) is 11.3. The average Bonchev–Trinajstić information content (AvgIpc) is 2.17. The maximum absolute atomic E-state index is 11.3. The van der Waals surface area contributed by atoms with Crippen LogP contribution < -0.4 is 11.1 Å². The minimum atomic E-state index is -0.278. The Bertz CT molecular complexity index is 373. The number of nitrogens with two attached hydrogens (primary N) is 1. The van der Waals surface area contributed by atoms with Gasteiger partial charge in [0.1, 0.15) is 6.04 Å². The van der Waals surface area contributed by atoms with E-state index in [1.54, 1.807) is 12.1 Å². The van der Waals surface area contributed by atoms with Crippen molar-refractivity contribution in [1.29, 1.82) is 0 Å². The molecule has 0 aliphatic heterocycles. The van der Waals surface area contributed by atoms with Crippen molar-refractivity contribution in [3.8, 4) is 0 Å². The SMILES string of the molecule is NC(=O)C(Nc1ccc(Cl)cc1)C1CCC1. The van der Waals surface area contributed by atoms with E-state index >= 15 is 0 Å². The molecule has 0 heterocycles. The Morgan fingerprint density at radius 3 is 2.44 bits per heavy atom. The number of amides is 1. The molecule has 0 radical (unpaired) electrons. The molecule has 0 saturated heterocycles. The lowest BCUT2D eigenvalue weighted by Gasteiger charge is -2.32. The van der Waals surface area contributed by atoms with Crippen LogP contribution in [0.4, 0.5) is 5.69 Å². The van der Waals surface area contributed by atoms with Gasteiger partial charge in [-0.15, -0.1) is 0 Å². The highest BCUT2D eigenvalue weighted by atomic mass is 35.5. The molecule has 1 aromatic carbocycles. The molecule has 3 nitrogen and oxygen atoms in total. The third-order valence-corrected chi connectivity index (χ3v) is 3.35. The molecule has 86 valence electrons. The van der Waals surface area contributed by atoms with E-state index in [1.807, 2.05) is 12.1 Å². The first-order valence-electron chi connectivity index (χ1n) is 5.48. The van der Waals surface area contributed by atoms with Gasteiger partial charge in [-0.1, -0.05) is 18.0 Å². The lowest BCUT2D eigenvalue weighted by molar-refractivity contribution is -0.120. The molecule has 1 fully saturated rings. The van der Waals surface area contributed by atoms with E-state index in [9.17, 15) is 4.79 Å². The Labute approximate surface area is 100.0 Å². The summed E-state index contributed by atoms with van der Waals surface area (Å²) in [5, 5.41) is 3.86. The van der Waals surface area contributed by atoms with Gasteiger partial charge in [0.2, 0.25) is 5.91 Å². The van der Waals surface area contributed by atoms with Crippen LogP contribution in [0.2, 0.25) is 5.02 Å². The highest BCUT2D eigenvalue weighted by Gasteiger charge is 2.30. The third-order valence-electron chi connectivity index (χ3n) is 3.09. The number of hydrogen-bond acceptors (Lipinski definition) is 2. The average molecular weight is 239 g/mol. The summed E-state index contributed by atoms with van der Waals surface area (Å²) in [5.74, 6) is 0.104. The maximum atomic E-state index is 11.3. The predicted octanol–water partition coefficient (Wildman–Crippen LogP) is 2.41. The van der Waals surface area contributed by atoms with E-state index in [1.165, 1.54) is 6.42 Å². The number of benzene rings is 1. The Balaban J connectivity index is 2.04. The molecule has 1 atom stereocenters. The zero-order valence-electron chi connectivity index (χ0n) is 8.95. The minimum Gasteiger partial charge on any atom is -0.373 e. The molecule has 1 aromatic rings. The molecule has 1 aliphatic carbocycles. The molecule has 1 saturated carbocycles. The van der Waals surface area contributed by atoms with Crippen molar-refractivity contribution in [2.45, 2.75) is 25.3 Å². The summed E-state index contributed by atoms with van der Waals surface area (Å²) in [7, 11) is 0. The number of halogens is 1. The molecular weight excluding hydrogens is 224 g/mol. The molecule has 0 spiro atoms. The predicted molar refractivity (Wildman–Crippen MR) is 65.4 cm³/mol. The van der Waals surface area contributed by atoms with Crippen LogP contribution in [-0.4, -0.2) is 11.9 Å². The van der Waals surface area contributed by atoms with Gasteiger partial charge in [0.05, 0.1) is 0 Å². The maximum Gasteiger partial charge on any atom is 0.240 e. The fourth-order valence-corrected chi connectivity index (χ4v) is 2.05. The summed E-state index contributed by atoms with van der Waals surface area (Å²) in [5.41, 5.74) is 6.29. The summed E-state index contributed by atoms with van der Waals surface area (Å²) in [6.07, 6.45) is 3.35. The lowest BCUT2D eigenvalue weighted by atomic mass is 9.79. The zero-order chi connectivity index (χ0) is 11.5. The fourth-order valence-electron chi connectivity index (χ4n) is 1.92. The second kappa shape index (κ2) is 4.74. The monoisotopic (exact) mass is 238 g/mol. The van der Waals surface area contributed by atoms with Crippen molar-refractivity contribution in [1.82, 2.24) is 0 Å². The van der Waals surface area contributed by atoms with Crippen molar-refractivity contribution >= 4 is 23.2 Å². The highest BCUT2D eigenvalue weighted by molar-refractivity contribution is 6.30. The number of hydrogen-bond donors (Lipinski definition) is 2. The zero-order valence-corrected chi connectivity index (χ0v) is 9.70. The van der Waals surface area contributed by atoms with Crippen LogP contribution in [-0.2, 0) is 4.79 Å². The molecule has 3 N–H and O–H groups in total. The summed E-state index contributed by atoms with van der Waals surface area (Å²) >= 11 is 5.79. The standard InChI is InChI=1S/C12H15ClN2O/c13-9-4-6-10(7-5-9)15-11(12(14)16)8-2-1-3-8/h4-8,11,15H,1-3H2,(H2,14,16). The first-order valence-corrected chi connectivity index (χ1v) is 5.86. The van der Waals surface area contributed by atoms with Gasteiger partial charge in [0.15, 0.2) is 0 Å². The summed E-state index contributed by atoms with van der Waals surface area (Å²) in [6.45, 7) is 0. The number of anilines is 1. The molecule has 1 aliphatic rings. The molecule has 1 unspecified atom stereocenters. The summed E-state index contributed by atoms with van der Waals surface area (Å²) < 4.78 is 0. The number of carbonyl (C=O) groups is 1. The van der Waals surface area contributed by atoms with Crippen LogP contribution >= 0.6 is 11.6 Å². The Hall–Kier alpha value is -1.22. The van der Waals surface area contributed by atoms with E-state index < -0.39 is 0 Å². The molecule has 0 aromatic heterocycles. The van der Waals surface area contributed by atoms with Crippen LogP contribution in [0.3, 0.4) is 0 Å². The van der Waals surface area contributed by atoms with Crippen LogP contribution in [0.15, 0.2) is 24.3 Å². The molecule has 16 heavy (non-hydrogen) atoms. The number of rotatable bonds is 4. The Morgan fingerprint density at radius 2 is 2.00 bits per heavy atom. The van der Waals surface area contributed by atoms with Crippen molar-refractivity contribution < 1.29 is 4.79 Å². The van der Waals surface area contributed by atoms with E-state index in [0.717, 1.165) is 18.5 Å². The molecule has 2 rings (SSSR count). The summed E-state index contributed by atoms with van der Waals surface area (Å²) in [4.78, 5) is 11.3. The van der Waals surface area contributed by atoms with Crippen LogP contribution in [0, 0.1) is 5.92 Å². The second-order valence-corrected chi connectivity index (χ2v) is 4.66. The van der Waals surface area contributed by atoms with Crippen molar-refractivity contribution in [3.05, 3.63) is 29.3 Å². The molecule has 0 bridgehead atoms. The van der Waals surface area contributed by atoms with Gasteiger partial charge < -0.3 is 11.1 Å². The topological polar surface area (TPSA) is 55.1 Å². The van der Waals surface area contributed by atoms with Gasteiger partial charge >= 0.3 is 0 Å². The van der Waals surface area contributed by atoms with Crippen molar-refractivity contribution in [2.24, 2.45) is 11.7 Å². The van der Waals surface area contributed by atoms with E-state index in [-0.39, 0.29) is 11.9 Å². The van der Waals surface area contributed by atoms with Crippen LogP contribution in [0.1, 0.15) is 19.3 Å². The fraction of sp³-hybridized carbons (Fsp3) is 0.417. The quantitative estimate of drug-likeness (QED) is 0.847. The second-order valence-electron chi connectivity index (χ2n) is 4.22. The smallest absolute Gasteiger partial charge is 0.240 e. The van der Waals surface area contributed by atoms with Gasteiger partial charge in [-0.3, -0.25) is 4.79 Å². The van der Waals surface area contributed by atoms with Gasteiger partial charge in [-0.25, -0.2) is 0 Å². The molecule has 1 amide bonds. The van der Waals surface area contributed by atoms with E-state index in [0.29, 0.717) is 10.9 Å². The van der Waals surface area contributed by atoms with Gasteiger partial charge in [-0.05, 0) is 43.0 Å². The summed E-state index contributed by atoms with van der Waals surface area (Å²) in [6, 6.07) is 7.05.